The van der Waals surface area contributed by atoms with E-state index in [4.69, 9.17) is 4.98 Å². The average molecular weight is 320 g/mol. The quantitative estimate of drug-likeness (QED) is 0.780. The molecule has 5 heteroatoms. The van der Waals surface area contributed by atoms with Crippen LogP contribution in [0.15, 0.2) is 35.3 Å². The molecular formula is C19H20N4O. The lowest BCUT2D eigenvalue weighted by Crippen LogP contribution is -2.35. The van der Waals surface area contributed by atoms with Crippen LogP contribution in [0.3, 0.4) is 0 Å². The number of hydrogen-bond donors (Lipinski definition) is 2. The maximum atomic E-state index is 12.3. The summed E-state index contributed by atoms with van der Waals surface area (Å²) in [7, 11) is 0. The summed E-state index contributed by atoms with van der Waals surface area (Å²) < 4.78 is 0. The van der Waals surface area contributed by atoms with Gasteiger partial charge in [-0.15, -0.1) is 0 Å². The molecule has 5 rings (SSSR count). The van der Waals surface area contributed by atoms with Gasteiger partial charge in [-0.05, 0) is 42.3 Å². The van der Waals surface area contributed by atoms with Crippen molar-refractivity contribution in [1.29, 1.82) is 0 Å². The Labute approximate surface area is 139 Å². The normalized spacial score (nSPS) is 18.0. The van der Waals surface area contributed by atoms with Gasteiger partial charge in [0.2, 0.25) is 0 Å². The fourth-order valence-electron chi connectivity index (χ4n) is 3.65. The third-order valence-electron chi connectivity index (χ3n) is 5.16. The molecule has 1 aliphatic heterocycles. The smallest absolute Gasteiger partial charge is 0.254 e. The maximum Gasteiger partial charge on any atom is 0.254 e. The monoisotopic (exact) mass is 320 g/mol. The van der Waals surface area contributed by atoms with Crippen LogP contribution in [0.1, 0.15) is 41.4 Å². The first-order valence-corrected chi connectivity index (χ1v) is 8.66. The molecule has 0 amide bonds. The van der Waals surface area contributed by atoms with E-state index in [9.17, 15) is 4.79 Å². The van der Waals surface area contributed by atoms with Crippen molar-refractivity contribution in [2.24, 2.45) is 0 Å². The number of benzene rings is 1. The molecule has 3 aromatic rings. The molecule has 0 spiro atoms. The number of aromatic nitrogens is 3. The van der Waals surface area contributed by atoms with Gasteiger partial charge in [0, 0.05) is 42.8 Å². The van der Waals surface area contributed by atoms with Crippen molar-refractivity contribution in [3.05, 3.63) is 63.5 Å². The predicted octanol–water partition coefficient (Wildman–Crippen LogP) is 2.69. The van der Waals surface area contributed by atoms with Crippen molar-refractivity contribution >= 4 is 10.9 Å². The molecule has 3 heterocycles. The summed E-state index contributed by atoms with van der Waals surface area (Å²) in [6, 6.07) is 8.65. The lowest BCUT2D eigenvalue weighted by atomic mass is 10.0. The average Bonchev–Trinajstić information content (AvgIpc) is 3.33. The number of rotatable bonds is 3. The van der Waals surface area contributed by atoms with Gasteiger partial charge in [0.25, 0.3) is 5.56 Å². The summed E-state index contributed by atoms with van der Waals surface area (Å²) >= 11 is 0. The van der Waals surface area contributed by atoms with Crippen LogP contribution in [0.4, 0.5) is 0 Å². The summed E-state index contributed by atoms with van der Waals surface area (Å²) in [5, 5.41) is 1.24. The molecule has 0 radical (unpaired) electrons. The Balaban J connectivity index is 1.40. The zero-order valence-corrected chi connectivity index (χ0v) is 13.5. The lowest BCUT2D eigenvalue weighted by molar-refractivity contribution is 0.240. The van der Waals surface area contributed by atoms with Crippen molar-refractivity contribution in [3.63, 3.8) is 0 Å². The second-order valence-corrected chi connectivity index (χ2v) is 7.01. The van der Waals surface area contributed by atoms with Crippen LogP contribution in [0.5, 0.6) is 0 Å². The Morgan fingerprint density at radius 1 is 1.25 bits per heavy atom. The highest BCUT2D eigenvalue weighted by Crippen LogP contribution is 2.37. The van der Waals surface area contributed by atoms with Gasteiger partial charge in [0.1, 0.15) is 5.82 Å². The fraction of sp³-hybridized carbons (Fsp3) is 0.368. The molecule has 2 aliphatic rings. The van der Waals surface area contributed by atoms with E-state index in [2.05, 4.69) is 39.1 Å². The van der Waals surface area contributed by atoms with Gasteiger partial charge in [-0.25, -0.2) is 4.98 Å². The molecule has 5 nitrogen and oxygen atoms in total. The summed E-state index contributed by atoms with van der Waals surface area (Å²) in [5.74, 6) is 1.38. The van der Waals surface area contributed by atoms with Crippen LogP contribution in [0.2, 0.25) is 0 Å². The van der Waals surface area contributed by atoms with Crippen LogP contribution < -0.4 is 5.56 Å². The summed E-state index contributed by atoms with van der Waals surface area (Å²) in [6.07, 6.45) is 5.07. The summed E-state index contributed by atoms with van der Waals surface area (Å²) in [6.45, 7) is 2.56. The second-order valence-electron chi connectivity index (χ2n) is 7.01. The Hall–Kier alpha value is -2.40. The van der Waals surface area contributed by atoms with Crippen molar-refractivity contribution in [3.8, 4) is 0 Å². The molecular weight excluding hydrogens is 300 g/mol. The number of fused-ring (bicyclic) bond motifs is 2. The molecule has 1 aromatic carbocycles. The molecule has 122 valence electrons. The van der Waals surface area contributed by atoms with Gasteiger partial charge in [0.05, 0.1) is 5.69 Å². The summed E-state index contributed by atoms with van der Waals surface area (Å²) in [4.78, 5) is 25.7. The van der Waals surface area contributed by atoms with E-state index in [-0.39, 0.29) is 5.56 Å². The molecule has 0 bridgehead atoms. The second kappa shape index (κ2) is 5.31. The molecule has 0 saturated heterocycles. The van der Waals surface area contributed by atoms with E-state index in [1.165, 1.54) is 16.5 Å². The number of nitrogens with one attached hydrogen (secondary N) is 2. The van der Waals surface area contributed by atoms with Crippen LogP contribution in [0, 0.1) is 0 Å². The topological polar surface area (TPSA) is 64.8 Å². The van der Waals surface area contributed by atoms with E-state index in [1.54, 1.807) is 0 Å². The van der Waals surface area contributed by atoms with E-state index >= 15 is 0 Å². The highest BCUT2D eigenvalue weighted by atomic mass is 16.1. The first-order chi connectivity index (χ1) is 11.8. The first-order valence-electron chi connectivity index (χ1n) is 8.66. The molecule has 2 N–H and O–H groups in total. The predicted molar refractivity (Wildman–Crippen MR) is 92.9 cm³/mol. The van der Waals surface area contributed by atoms with Crippen LogP contribution in [-0.4, -0.2) is 26.4 Å². The molecule has 0 unspecified atom stereocenters. The van der Waals surface area contributed by atoms with Gasteiger partial charge >= 0.3 is 0 Å². The Morgan fingerprint density at radius 2 is 2.17 bits per heavy atom. The lowest BCUT2D eigenvalue weighted by Gasteiger charge is -2.27. The zero-order chi connectivity index (χ0) is 16.1. The summed E-state index contributed by atoms with van der Waals surface area (Å²) in [5.41, 5.74) is 4.41. The van der Waals surface area contributed by atoms with E-state index < -0.39 is 0 Å². The van der Waals surface area contributed by atoms with Crippen molar-refractivity contribution in [1.82, 2.24) is 19.9 Å². The van der Waals surface area contributed by atoms with E-state index in [1.807, 2.05) is 6.20 Å². The molecule has 0 atom stereocenters. The molecule has 1 saturated carbocycles. The SMILES string of the molecule is O=c1[nH]c(C2CC2)nc2c1CCN(Cc1ccc3cc[nH]c3c1)C2. The van der Waals surface area contributed by atoms with Crippen molar-refractivity contribution in [2.45, 2.75) is 38.3 Å². The van der Waals surface area contributed by atoms with Crippen molar-refractivity contribution in [2.75, 3.05) is 6.54 Å². The molecule has 1 fully saturated rings. The number of nitrogens with zero attached hydrogens (tertiary/aromatic N) is 2. The van der Waals surface area contributed by atoms with Gasteiger partial charge in [0.15, 0.2) is 0 Å². The highest BCUT2D eigenvalue weighted by molar-refractivity contribution is 5.79. The Bertz CT molecular complexity index is 967. The molecule has 2 aromatic heterocycles. The first kappa shape index (κ1) is 14.0. The number of H-pyrrole nitrogens is 2. The standard InChI is InChI=1S/C19H20N4O/c24-19-15-6-8-23(11-17(15)21-18(22-19)14-3-4-14)10-12-1-2-13-5-7-20-16(13)9-12/h1-2,5,7,9,14,20H,3-4,6,8,10-11H2,(H,21,22,24). The number of hydrogen-bond acceptors (Lipinski definition) is 3. The van der Waals surface area contributed by atoms with E-state index in [0.29, 0.717) is 5.92 Å². The minimum Gasteiger partial charge on any atom is -0.361 e. The van der Waals surface area contributed by atoms with Gasteiger partial charge < -0.3 is 9.97 Å². The number of aromatic amines is 2. The van der Waals surface area contributed by atoms with E-state index in [0.717, 1.165) is 56.0 Å². The van der Waals surface area contributed by atoms with Crippen LogP contribution in [-0.2, 0) is 19.5 Å². The largest absolute Gasteiger partial charge is 0.361 e. The molecule has 1 aliphatic carbocycles. The van der Waals surface area contributed by atoms with Crippen molar-refractivity contribution < 1.29 is 0 Å². The van der Waals surface area contributed by atoms with Crippen LogP contribution in [0.25, 0.3) is 10.9 Å². The van der Waals surface area contributed by atoms with Gasteiger partial charge in [-0.1, -0.05) is 12.1 Å². The zero-order valence-electron chi connectivity index (χ0n) is 13.5. The third-order valence-corrected chi connectivity index (χ3v) is 5.16. The Morgan fingerprint density at radius 3 is 3.04 bits per heavy atom. The van der Waals surface area contributed by atoms with Crippen LogP contribution >= 0.6 is 0 Å². The minimum atomic E-state index is 0.0781. The molecule has 24 heavy (non-hydrogen) atoms. The third kappa shape index (κ3) is 2.45. The highest BCUT2D eigenvalue weighted by Gasteiger charge is 2.29. The van der Waals surface area contributed by atoms with Gasteiger partial charge in [-0.3, -0.25) is 9.69 Å². The van der Waals surface area contributed by atoms with Gasteiger partial charge in [-0.2, -0.15) is 0 Å². The Kier molecular flexibility index (Phi) is 3.10. The maximum absolute atomic E-state index is 12.3. The minimum absolute atomic E-state index is 0.0781. The fourth-order valence-corrected chi connectivity index (χ4v) is 3.65.